The number of thiol groups is 1. The van der Waals surface area contributed by atoms with Gasteiger partial charge in [-0.25, -0.2) is 4.39 Å². The summed E-state index contributed by atoms with van der Waals surface area (Å²) in [7, 11) is 1.32. The van der Waals surface area contributed by atoms with Gasteiger partial charge in [0.1, 0.15) is 5.82 Å². The second-order valence-electron chi connectivity index (χ2n) is 1.86. The van der Waals surface area contributed by atoms with Crippen molar-refractivity contribution in [2.75, 3.05) is 0 Å². The van der Waals surface area contributed by atoms with Crippen LogP contribution in [-0.4, -0.2) is 0 Å². The molecule has 0 aliphatic carbocycles. The zero-order chi connectivity index (χ0) is 7.40. The molecule has 0 aliphatic heterocycles. The molecule has 3 heteroatoms. The van der Waals surface area contributed by atoms with E-state index in [9.17, 15) is 4.39 Å². The first-order chi connectivity index (χ1) is 4.84. The van der Waals surface area contributed by atoms with Crippen LogP contribution in [0, 0.1) is 5.82 Å². The molecule has 0 heterocycles. The molecule has 0 saturated heterocycles. The smallest absolute Gasteiger partial charge is 0.127 e. The van der Waals surface area contributed by atoms with E-state index in [1.807, 2.05) is 6.07 Å². The number of hydrogen-bond donors (Lipinski definition) is 1. The van der Waals surface area contributed by atoms with Crippen molar-refractivity contribution in [1.82, 2.24) is 0 Å². The lowest BCUT2D eigenvalue weighted by molar-refractivity contribution is 0.617. The molecular formula is C7H7FS2. The summed E-state index contributed by atoms with van der Waals surface area (Å²) in [6.07, 6.45) is 0. The van der Waals surface area contributed by atoms with Crippen LogP contribution in [0.1, 0.15) is 5.56 Å². The SMILES string of the molecule is Fc1ccccc1CSS. The van der Waals surface area contributed by atoms with Gasteiger partial charge >= 0.3 is 0 Å². The van der Waals surface area contributed by atoms with Gasteiger partial charge in [0.05, 0.1) is 0 Å². The Morgan fingerprint density at radius 3 is 2.70 bits per heavy atom. The van der Waals surface area contributed by atoms with Crippen molar-refractivity contribution in [2.24, 2.45) is 0 Å². The second kappa shape index (κ2) is 3.88. The number of rotatable bonds is 2. The molecule has 0 bridgehead atoms. The summed E-state index contributed by atoms with van der Waals surface area (Å²) in [6.45, 7) is 0. The molecule has 1 aromatic rings. The minimum absolute atomic E-state index is 0.149. The molecule has 1 aromatic carbocycles. The van der Waals surface area contributed by atoms with Crippen molar-refractivity contribution in [3.8, 4) is 0 Å². The van der Waals surface area contributed by atoms with Gasteiger partial charge in [0, 0.05) is 5.75 Å². The van der Waals surface area contributed by atoms with Crippen molar-refractivity contribution in [1.29, 1.82) is 0 Å². The molecule has 0 N–H and O–H groups in total. The highest BCUT2D eigenvalue weighted by Crippen LogP contribution is 2.16. The largest absolute Gasteiger partial charge is 0.207 e. The van der Waals surface area contributed by atoms with Crippen LogP contribution in [0.3, 0.4) is 0 Å². The first-order valence-corrected chi connectivity index (χ1v) is 4.88. The normalized spacial score (nSPS) is 9.80. The van der Waals surface area contributed by atoms with E-state index < -0.39 is 0 Å². The van der Waals surface area contributed by atoms with E-state index in [0.29, 0.717) is 11.3 Å². The van der Waals surface area contributed by atoms with Crippen LogP contribution in [-0.2, 0) is 5.75 Å². The first-order valence-electron chi connectivity index (χ1n) is 2.84. The average molecular weight is 174 g/mol. The lowest BCUT2D eigenvalue weighted by Crippen LogP contribution is -1.83. The highest BCUT2D eigenvalue weighted by Gasteiger charge is 1.97. The van der Waals surface area contributed by atoms with Crippen LogP contribution in [0.15, 0.2) is 24.3 Å². The van der Waals surface area contributed by atoms with Gasteiger partial charge in [-0.15, -0.1) is 11.7 Å². The van der Waals surface area contributed by atoms with Crippen LogP contribution in [0.4, 0.5) is 4.39 Å². The fourth-order valence-electron chi connectivity index (χ4n) is 0.685. The maximum atomic E-state index is 12.7. The summed E-state index contributed by atoms with van der Waals surface area (Å²) in [4.78, 5) is 0. The van der Waals surface area contributed by atoms with Crippen molar-refractivity contribution in [2.45, 2.75) is 5.75 Å². The number of halogens is 1. The molecule has 10 heavy (non-hydrogen) atoms. The van der Waals surface area contributed by atoms with Gasteiger partial charge < -0.3 is 0 Å². The number of benzene rings is 1. The molecule has 0 atom stereocenters. The molecule has 0 aromatic heterocycles. The Morgan fingerprint density at radius 1 is 1.40 bits per heavy atom. The third-order valence-corrected chi connectivity index (χ3v) is 2.01. The lowest BCUT2D eigenvalue weighted by atomic mass is 10.2. The maximum absolute atomic E-state index is 12.7. The third-order valence-electron chi connectivity index (χ3n) is 1.18. The fraction of sp³-hybridized carbons (Fsp3) is 0.143. The Morgan fingerprint density at radius 2 is 2.10 bits per heavy atom. The Labute approximate surface area is 68.6 Å². The minimum Gasteiger partial charge on any atom is -0.207 e. The summed E-state index contributed by atoms with van der Waals surface area (Å²) in [5.74, 6) is 0.472. The van der Waals surface area contributed by atoms with E-state index in [1.165, 1.54) is 16.9 Å². The molecule has 1 rings (SSSR count). The van der Waals surface area contributed by atoms with Crippen molar-refractivity contribution < 1.29 is 4.39 Å². The topological polar surface area (TPSA) is 0 Å². The quantitative estimate of drug-likeness (QED) is 0.531. The molecular weight excluding hydrogens is 167 g/mol. The zero-order valence-corrected chi connectivity index (χ0v) is 6.96. The van der Waals surface area contributed by atoms with Gasteiger partial charge in [-0.05, 0) is 11.6 Å². The molecule has 0 fully saturated rings. The van der Waals surface area contributed by atoms with Gasteiger partial charge in [0.15, 0.2) is 0 Å². The van der Waals surface area contributed by atoms with Crippen molar-refractivity contribution in [3.05, 3.63) is 35.6 Å². The second-order valence-corrected chi connectivity index (χ2v) is 3.19. The zero-order valence-electron chi connectivity index (χ0n) is 5.25. The molecule has 0 aliphatic rings. The van der Waals surface area contributed by atoms with E-state index in [0.717, 1.165) is 0 Å². The standard InChI is InChI=1S/C7H7FS2/c8-7-4-2-1-3-6(7)5-10-9/h1-4,9H,5H2. The van der Waals surface area contributed by atoms with E-state index in [-0.39, 0.29) is 5.82 Å². The predicted octanol–water partition coefficient (Wildman–Crippen LogP) is 2.90. The molecule has 54 valence electrons. The summed E-state index contributed by atoms with van der Waals surface area (Å²) in [5, 5.41) is 0. The van der Waals surface area contributed by atoms with Crippen LogP contribution in [0.5, 0.6) is 0 Å². The Kier molecular flexibility index (Phi) is 3.09. The monoisotopic (exact) mass is 174 g/mol. The molecule has 0 nitrogen and oxygen atoms in total. The minimum atomic E-state index is -0.149. The van der Waals surface area contributed by atoms with Gasteiger partial charge in [-0.1, -0.05) is 29.0 Å². The summed E-state index contributed by atoms with van der Waals surface area (Å²) >= 11 is 3.93. The number of hydrogen-bond acceptors (Lipinski definition) is 2. The third kappa shape index (κ3) is 1.92. The lowest BCUT2D eigenvalue weighted by Gasteiger charge is -1.96. The van der Waals surface area contributed by atoms with Crippen molar-refractivity contribution in [3.63, 3.8) is 0 Å². The van der Waals surface area contributed by atoms with E-state index in [1.54, 1.807) is 12.1 Å². The highest BCUT2D eigenvalue weighted by atomic mass is 33.1. The van der Waals surface area contributed by atoms with Crippen LogP contribution < -0.4 is 0 Å². The van der Waals surface area contributed by atoms with Crippen LogP contribution in [0.2, 0.25) is 0 Å². The van der Waals surface area contributed by atoms with Gasteiger partial charge in [0.2, 0.25) is 0 Å². The van der Waals surface area contributed by atoms with E-state index >= 15 is 0 Å². The van der Waals surface area contributed by atoms with E-state index in [2.05, 4.69) is 11.7 Å². The van der Waals surface area contributed by atoms with Crippen molar-refractivity contribution >= 4 is 22.5 Å². The highest BCUT2D eigenvalue weighted by molar-refractivity contribution is 8.68. The fourth-order valence-corrected chi connectivity index (χ4v) is 1.48. The van der Waals surface area contributed by atoms with E-state index in [4.69, 9.17) is 0 Å². The summed E-state index contributed by atoms with van der Waals surface area (Å²) in [5.41, 5.74) is 0.711. The van der Waals surface area contributed by atoms with Gasteiger partial charge in [-0.3, -0.25) is 0 Å². The summed E-state index contributed by atoms with van der Waals surface area (Å²) < 4.78 is 12.7. The van der Waals surface area contributed by atoms with Gasteiger partial charge in [0.25, 0.3) is 0 Å². The van der Waals surface area contributed by atoms with Crippen LogP contribution >= 0.6 is 22.5 Å². The average Bonchev–Trinajstić information content (AvgIpc) is 1.94. The molecule has 0 radical (unpaired) electrons. The Hall–Kier alpha value is -0.150. The Balaban J connectivity index is 2.81. The summed E-state index contributed by atoms with van der Waals surface area (Å²) in [6, 6.07) is 6.72. The first kappa shape index (κ1) is 7.95. The molecule has 0 saturated carbocycles. The van der Waals surface area contributed by atoms with Gasteiger partial charge in [-0.2, -0.15) is 0 Å². The molecule has 0 unspecified atom stereocenters. The predicted molar refractivity (Wildman–Crippen MR) is 46.7 cm³/mol. The molecule has 0 amide bonds. The van der Waals surface area contributed by atoms with Crippen LogP contribution in [0.25, 0.3) is 0 Å². The maximum Gasteiger partial charge on any atom is 0.127 e. The molecule has 0 spiro atoms. The Bertz CT molecular complexity index is 213.